The van der Waals surface area contributed by atoms with E-state index in [4.69, 9.17) is 9.72 Å². The van der Waals surface area contributed by atoms with E-state index >= 15 is 0 Å². The third-order valence-electron chi connectivity index (χ3n) is 5.05. The van der Waals surface area contributed by atoms with Gasteiger partial charge in [0.1, 0.15) is 16.5 Å². The molecule has 168 valence electrons. The van der Waals surface area contributed by atoms with E-state index in [0.717, 1.165) is 21.8 Å². The molecule has 0 aliphatic rings. The molecular formula is C27H20N2O3S2. The number of nitrogens with one attached hydrogen (secondary N) is 1. The summed E-state index contributed by atoms with van der Waals surface area (Å²) < 4.78 is 34.3. The molecule has 1 N–H and O–H groups in total. The molecule has 1 aromatic heterocycles. The molecule has 0 fully saturated rings. The van der Waals surface area contributed by atoms with E-state index in [9.17, 15) is 8.42 Å². The minimum Gasteiger partial charge on any atom is -0.457 e. The molecule has 4 aromatic carbocycles. The maximum atomic E-state index is 12.9. The average molecular weight is 485 g/mol. The second-order valence-electron chi connectivity index (χ2n) is 7.48. The second kappa shape index (κ2) is 9.51. The van der Waals surface area contributed by atoms with Gasteiger partial charge >= 0.3 is 0 Å². The fraction of sp³-hybridized carbons (Fsp3) is 0. The van der Waals surface area contributed by atoms with Crippen molar-refractivity contribution in [3.63, 3.8) is 0 Å². The number of hydrogen-bond acceptors (Lipinski definition) is 5. The van der Waals surface area contributed by atoms with Gasteiger partial charge in [0.05, 0.1) is 10.6 Å². The maximum Gasteiger partial charge on any atom is 0.261 e. The topological polar surface area (TPSA) is 68.3 Å². The highest BCUT2D eigenvalue weighted by Gasteiger charge is 2.15. The molecular weight excluding hydrogens is 464 g/mol. The summed E-state index contributed by atoms with van der Waals surface area (Å²) >= 11 is 1.55. The number of anilines is 1. The van der Waals surface area contributed by atoms with E-state index in [1.54, 1.807) is 35.6 Å². The highest BCUT2D eigenvalue weighted by Crippen LogP contribution is 2.30. The zero-order chi connectivity index (χ0) is 23.4. The van der Waals surface area contributed by atoms with E-state index in [1.807, 2.05) is 78.2 Å². The van der Waals surface area contributed by atoms with Crippen molar-refractivity contribution in [2.45, 2.75) is 4.90 Å². The molecule has 0 aliphatic heterocycles. The van der Waals surface area contributed by atoms with Gasteiger partial charge < -0.3 is 4.74 Å². The van der Waals surface area contributed by atoms with Crippen molar-refractivity contribution in [1.29, 1.82) is 0 Å². The summed E-state index contributed by atoms with van der Waals surface area (Å²) in [6.45, 7) is 0. The van der Waals surface area contributed by atoms with Crippen LogP contribution < -0.4 is 9.46 Å². The number of benzene rings is 4. The van der Waals surface area contributed by atoms with Gasteiger partial charge in [-0.25, -0.2) is 13.4 Å². The molecule has 0 atom stereocenters. The molecule has 5 nitrogen and oxygen atoms in total. The molecule has 0 bridgehead atoms. The zero-order valence-corrected chi connectivity index (χ0v) is 19.6. The molecule has 1 heterocycles. The molecule has 0 radical (unpaired) electrons. The van der Waals surface area contributed by atoms with Crippen LogP contribution in [0.15, 0.2) is 119 Å². The van der Waals surface area contributed by atoms with E-state index in [0.29, 0.717) is 17.2 Å². The van der Waals surface area contributed by atoms with Crippen molar-refractivity contribution >= 4 is 27.0 Å². The lowest BCUT2D eigenvalue weighted by atomic mass is 10.1. The molecule has 5 aromatic rings. The molecule has 0 unspecified atom stereocenters. The Balaban J connectivity index is 1.32. The number of nitrogens with zero attached hydrogens (tertiary/aromatic N) is 1. The van der Waals surface area contributed by atoms with E-state index < -0.39 is 10.0 Å². The largest absolute Gasteiger partial charge is 0.457 e. The molecule has 0 aliphatic carbocycles. The fourth-order valence-corrected chi connectivity index (χ4v) is 5.27. The number of para-hydroxylation sites is 1. The Hall–Kier alpha value is -3.94. The predicted molar refractivity (Wildman–Crippen MR) is 137 cm³/mol. The van der Waals surface area contributed by atoms with Gasteiger partial charge in [0.15, 0.2) is 0 Å². The Bertz CT molecular complexity index is 1500. The maximum absolute atomic E-state index is 12.9. The smallest absolute Gasteiger partial charge is 0.261 e. The Labute approximate surface area is 202 Å². The first-order valence-corrected chi connectivity index (χ1v) is 12.9. The van der Waals surface area contributed by atoms with E-state index in [2.05, 4.69) is 4.72 Å². The monoisotopic (exact) mass is 484 g/mol. The van der Waals surface area contributed by atoms with Crippen molar-refractivity contribution in [2.24, 2.45) is 0 Å². The van der Waals surface area contributed by atoms with Gasteiger partial charge in [0.25, 0.3) is 10.0 Å². The Morgan fingerprint density at radius 3 is 2.09 bits per heavy atom. The van der Waals surface area contributed by atoms with Gasteiger partial charge in [-0.1, -0.05) is 60.7 Å². The summed E-state index contributed by atoms with van der Waals surface area (Å²) in [5.41, 5.74) is 3.16. The predicted octanol–water partition coefficient (Wildman–Crippen LogP) is 7.07. The highest BCUT2D eigenvalue weighted by molar-refractivity contribution is 7.92. The van der Waals surface area contributed by atoms with Gasteiger partial charge in [-0.05, 0) is 48.5 Å². The molecule has 5 rings (SSSR count). The minimum atomic E-state index is -3.76. The van der Waals surface area contributed by atoms with Crippen molar-refractivity contribution in [3.8, 4) is 33.3 Å². The third-order valence-corrected chi connectivity index (χ3v) is 7.34. The number of hydrogen-bond donors (Lipinski definition) is 1. The standard InChI is InChI=1S/C27H20N2O3S2/c30-34(31,25-16-14-24(15-17-25)32-23-12-5-2-6-13-23)29-22-11-7-10-21(18-22)26-19-33-27(28-26)20-8-3-1-4-9-20/h1-19,29H. The van der Waals surface area contributed by atoms with Gasteiger partial charge in [-0.15, -0.1) is 11.3 Å². The molecule has 7 heteroatoms. The summed E-state index contributed by atoms with van der Waals surface area (Å²) in [6.07, 6.45) is 0. The van der Waals surface area contributed by atoms with Gasteiger partial charge in [-0.3, -0.25) is 4.72 Å². The van der Waals surface area contributed by atoms with Crippen molar-refractivity contribution in [2.75, 3.05) is 4.72 Å². The van der Waals surface area contributed by atoms with Crippen LogP contribution in [-0.2, 0) is 10.0 Å². The van der Waals surface area contributed by atoms with Crippen LogP contribution in [0, 0.1) is 0 Å². The summed E-state index contributed by atoms with van der Waals surface area (Å²) in [5, 5.41) is 2.89. The van der Waals surface area contributed by atoms with Crippen LogP contribution in [0.2, 0.25) is 0 Å². The Morgan fingerprint density at radius 2 is 1.35 bits per heavy atom. The first kappa shape index (κ1) is 21.9. The van der Waals surface area contributed by atoms with Crippen LogP contribution in [0.3, 0.4) is 0 Å². The van der Waals surface area contributed by atoms with Gasteiger partial charge in [0.2, 0.25) is 0 Å². The number of ether oxygens (including phenoxy) is 1. The van der Waals surface area contributed by atoms with Crippen molar-refractivity contribution < 1.29 is 13.2 Å². The average Bonchev–Trinajstić information content (AvgIpc) is 3.36. The first-order chi connectivity index (χ1) is 16.6. The summed E-state index contributed by atoms with van der Waals surface area (Å²) in [7, 11) is -3.76. The zero-order valence-electron chi connectivity index (χ0n) is 18.0. The van der Waals surface area contributed by atoms with Crippen LogP contribution in [0.1, 0.15) is 0 Å². The molecule has 0 saturated heterocycles. The lowest BCUT2D eigenvalue weighted by molar-refractivity contribution is 0.482. The SMILES string of the molecule is O=S(=O)(Nc1cccc(-c2csc(-c3ccccc3)n2)c1)c1ccc(Oc2ccccc2)cc1. The number of sulfonamides is 1. The Morgan fingerprint density at radius 1 is 0.706 bits per heavy atom. The van der Waals surface area contributed by atoms with Crippen LogP contribution >= 0.6 is 11.3 Å². The Kier molecular flexibility index (Phi) is 6.12. The highest BCUT2D eigenvalue weighted by atomic mass is 32.2. The molecule has 0 spiro atoms. The van der Waals surface area contributed by atoms with Crippen LogP contribution in [-0.4, -0.2) is 13.4 Å². The van der Waals surface area contributed by atoms with Gasteiger partial charge in [0, 0.05) is 22.2 Å². The number of aromatic nitrogens is 1. The van der Waals surface area contributed by atoms with E-state index in [1.165, 1.54) is 12.1 Å². The fourth-order valence-electron chi connectivity index (χ4n) is 3.39. The normalized spacial score (nSPS) is 11.2. The van der Waals surface area contributed by atoms with Crippen LogP contribution in [0.25, 0.3) is 21.8 Å². The van der Waals surface area contributed by atoms with Crippen molar-refractivity contribution in [1.82, 2.24) is 4.98 Å². The first-order valence-electron chi connectivity index (χ1n) is 10.5. The summed E-state index contributed by atoms with van der Waals surface area (Å²) in [4.78, 5) is 4.87. The molecule has 34 heavy (non-hydrogen) atoms. The molecule has 0 saturated carbocycles. The number of thiazole rings is 1. The van der Waals surface area contributed by atoms with Crippen LogP contribution in [0.4, 0.5) is 5.69 Å². The lowest BCUT2D eigenvalue weighted by Gasteiger charge is -2.10. The third kappa shape index (κ3) is 5.01. The summed E-state index contributed by atoms with van der Waals surface area (Å²) in [5.74, 6) is 1.25. The lowest BCUT2D eigenvalue weighted by Crippen LogP contribution is -2.12. The number of rotatable bonds is 7. The quantitative estimate of drug-likeness (QED) is 0.268. The molecule has 0 amide bonds. The van der Waals surface area contributed by atoms with Crippen LogP contribution in [0.5, 0.6) is 11.5 Å². The van der Waals surface area contributed by atoms with Crippen molar-refractivity contribution in [3.05, 3.63) is 115 Å². The second-order valence-corrected chi connectivity index (χ2v) is 10.0. The van der Waals surface area contributed by atoms with E-state index in [-0.39, 0.29) is 4.90 Å². The summed E-state index contributed by atoms with van der Waals surface area (Å²) in [6, 6.07) is 32.8. The minimum absolute atomic E-state index is 0.151. The van der Waals surface area contributed by atoms with Gasteiger partial charge in [-0.2, -0.15) is 0 Å².